The van der Waals surface area contributed by atoms with Crippen molar-refractivity contribution in [3.8, 4) is 0 Å². The van der Waals surface area contributed by atoms with Gasteiger partial charge in [-0.15, -0.1) is 0 Å². The van der Waals surface area contributed by atoms with Crippen LogP contribution in [-0.4, -0.2) is 0 Å². The van der Waals surface area contributed by atoms with Gasteiger partial charge in [0.25, 0.3) is 0 Å². The third-order valence-electron chi connectivity index (χ3n) is 2.51. The molecule has 0 bridgehead atoms. The van der Waals surface area contributed by atoms with Crippen LogP contribution in [0, 0.1) is 0 Å². The average molecular weight is 234 g/mol. The van der Waals surface area contributed by atoms with Crippen molar-refractivity contribution in [2.24, 2.45) is 0 Å². The Labute approximate surface area is 100 Å². The zero-order valence-corrected chi connectivity index (χ0v) is 9.69. The molecule has 3 heteroatoms. The van der Waals surface area contributed by atoms with E-state index in [1.165, 1.54) is 5.56 Å². The molecule has 1 heterocycles. The molecule has 0 saturated heterocycles. The molecule has 0 saturated carbocycles. The Bertz CT molecular complexity index is 466. The quantitative estimate of drug-likeness (QED) is 0.811. The Kier molecular flexibility index (Phi) is 3.42. The van der Waals surface area contributed by atoms with Gasteiger partial charge in [0, 0.05) is 29.3 Å². The maximum Gasteiger partial charge on any atom is 0.170 e. The predicted molar refractivity (Wildman–Crippen MR) is 66.2 cm³/mol. The molecule has 0 aliphatic carbocycles. The molecule has 1 aromatic carbocycles. The Morgan fingerprint density at radius 1 is 1.06 bits per heavy atom. The summed E-state index contributed by atoms with van der Waals surface area (Å²) in [6.45, 7) is 0.907. The maximum atomic E-state index is 6.09. The third kappa shape index (κ3) is 2.74. The van der Waals surface area contributed by atoms with Crippen molar-refractivity contribution in [2.45, 2.75) is 13.0 Å². The predicted octanol–water partition coefficient (Wildman–Crippen LogP) is 2.45. The monoisotopic (exact) mass is 233 g/mol. The molecule has 0 fully saturated rings. The Morgan fingerprint density at radius 2 is 1.75 bits per heavy atom. The number of hydrogen-bond acceptors (Lipinski definition) is 1. The van der Waals surface area contributed by atoms with Gasteiger partial charge < -0.3 is 5.73 Å². The van der Waals surface area contributed by atoms with Crippen LogP contribution in [0.4, 0.5) is 5.69 Å². The molecule has 0 aliphatic heterocycles. The van der Waals surface area contributed by atoms with Crippen molar-refractivity contribution in [1.29, 1.82) is 0 Å². The van der Waals surface area contributed by atoms with Gasteiger partial charge in [0.1, 0.15) is 0 Å². The number of anilines is 1. The Balaban J connectivity index is 2.02. The first-order valence-corrected chi connectivity index (χ1v) is 5.61. The number of aryl methyl sites for hydroxylation is 2. The number of nitrogens with two attached hydrogens (primary N) is 1. The number of halogens is 1. The molecule has 0 radical (unpaired) electrons. The summed E-state index contributed by atoms with van der Waals surface area (Å²) in [7, 11) is 0. The fourth-order valence-electron chi connectivity index (χ4n) is 1.57. The molecule has 82 valence electrons. The van der Waals surface area contributed by atoms with Gasteiger partial charge in [0.15, 0.2) is 18.9 Å². The summed E-state index contributed by atoms with van der Waals surface area (Å²) < 4.78 is 2.10. The minimum absolute atomic E-state index is 0.786. The standard InChI is InChI=1S/C13H13ClN2/c14-13-4-2-1-3-11(13)5-8-16-9-6-12(15)7-10-16/h1-4,6-7,9-10,15H,5,8H2/p+1. The molecule has 0 atom stereocenters. The summed E-state index contributed by atoms with van der Waals surface area (Å²) in [5.74, 6) is 0. The molecule has 0 amide bonds. The first kappa shape index (κ1) is 11.0. The van der Waals surface area contributed by atoms with E-state index in [0.717, 1.165) is 23.7 Å². The van der Waals surface area contributed by atoms with Crippen LogP contribution in [0.1, 0.15) is 5.56 Å². The van der Waals surface area contributed by atoms with E-state index < -0.39 is 0 Å². The highest BCUT2D eigenvalue weighted by molar-refractivity contribution is 6.31. The van der Waals surface area contributed by atoms with Crippen molar-refractivity contribution >= 4 is 17.3 Å². The van der Waals surface area contributed by atoms with Crippen LogP contribution in [0.25, 0.3) is 0 Å². The number of aromatic nitrogens is 1. The van der Waals surface area contributed by atoms with Gasteiger partial charge >= 0.3 is 0 Å². The van der Waals surface area contributed by atoms with E-state index in [9.17, 15) is 0 Å². The van der Waals surface area contributed by atoms with Gasteiger partial charge in [-0.2, -0.15) is 0 Å². The van der Waals surface area contributed by atoms with Crippen LogP contribution in [0.2, 0.25) is 5.02 Å². The van der Waals surface area contributed by atoms with Crippen LogP contribution < -0.4 is 10.3 Å². The second-order valence-electron chi connectivity index (χ2n) is 3.71. The molecule has 16 heavy (non-hydrogen) atoms. The van der Waals surface area contributed by atoms with Crippen LogP contribution >= 0.6 is 11.6 Å². The molecule has 0 aliphatic rings. The molecular formula is C13H14ClN2+. The maximum absolute atomic E-state index is 6.09. The Hall–Kier alpha value is -1.54. The van der Waals surface area contributed by atoms with Crippen LogP contribution in [0.5, 0.6) is 0 Å². The number of hydrogen-bond donors (Lipinski definition) is 1. The number of benzene rings is 1. The zero-order valence-electron chi connectivity index (χ0n) is 8.94. The lowest BCUT2D eigenvalue weighted by Gasteiger charge is -2.01. The van der Waals surface area contributed by atoms with E-state index in [4.69, 9.17) is 17.3 Å². The largest absolute Gasteiger partial charge is 0.398 e. The molecule has 2 rings (SSSR count). The fraction of sp³-hybridized carbons (Fsp3) is 0.154. The number of rotatable bonds is 3. The van der Waals surface area contributed by atoms with Gasteiger partial charge in [-0.3, -0.25) is 0 Å². The summed E-state index contributed by atoms with van der Waals surface area (Å²) in [5, 5.41) is 0.832. The van der Waals surface area contributed by atoms with Gasteiger partial charge in [0.05, 0.1) is 0 Å². The summed E-state index contributed by atoms with van der Waals surface area (Å²) in [6, 6.07) is 11.7. The summed E-state index contributed by atoms with van der Waals surface area (Å²) in [6.07, 6.45) is 4.88. The van der Waals surface area contributed by atoms with Crippen molar-refractivity contribution < 1.29 is 4.57 Å². The van der Waals surface area contributed by atoms with E-state index in [1.54, 1.807) is 0 Å². The number of pyridine rings is 1. The molecule has 1 aromatic heterocycles. The van der Waals surface area contributed by atoms with E-state index in [1.807, 2.05) is 42.7 Å². The average Bonchev–Trinajstić information content (AvgIpc) is 2.30. The van der Waals surface area contributed by atoms with Crippen molar-refractivity contribution in [2.75, 3.05) is 5.73 Å². The first-order chi connectivity index (χ1) is 7.75. The molecule has 2 nitrogen and oxygen atoms in total. The van der Waals surface area contributed by atoms with Crippen molar-refractivity contribution in [1.82, 2.24) is 0 Å². The second-order valence-corrected chi connectivity index (χ2v) is 4.12. The SMILES string of the molecule is Nc1cc[n+](CCc2ccccc2Cl)cc1. The molecular weight excluding hydrogens is 220 g/mol. The smallest absolute Gasteiger partial charge is 0.170 e. The number of nitrogen functional groups attached to an aromatic ring is 1. The highest BCUT2D eigenvalue weighted by atomic mass is 35.5. The van der Waals surface area contributed by atoms with Crippen LogP contribution in [-0.2, 0) is 13.0 Å². The van der Waals surface area contributed by atoms with Crippen LogP contribution in [0.3, 0.4) is 0 Å². The highest BCUT2D eigenvalue weighted by Gasteiger charge is 2.03. The summed E-state index contributed by atoms with van der Waals surface area (Å²) in [4.78, 5) is 0. The fourth-order valence-corrected chi connectivity index (χ4v) is 1.80. The van der Waals surface area contributed by atoms with Crippen molar-refractivity contribution in [3.63, 3.8) is 0 Å². The second kappa shape index (κ2) is 4.99. The van der Waals surface area contributed by atoms with Gasteiger partial charge in [-0.1, -0.05) is 29.8 Å². The molecule has 0 unspecified atom stereocenters. The van der Waals surface area contributed by atoms with E-state index in [2.05, 4.69) is 10.6 Å². The van der Waals surface area contributed by atoms with E-state index in [-0.39, 0.29) is 0 Å². The van der Waals surface area contributed by atoms with Crippen molar-refractivity contribution in [3.05, 3.63) is 59.4 Å². The third-order valence-corrected chi connectivity index (χ3v) is 2.88. The lowest BCUT2D eigenvalue weighted by atomic mass is 10.1. The zero-order chi connectivity index (χ0) is 11.4. The minimum Gasteiger partial charge on any atom is -0.398 e. The van der Waals surface area contributed by atoms with Gasteiger partial charge in [-0.25, -0.2) is 4.57 Å². The Morgan fingerprint density at radius 3 is 2.44 bits per heavy atom. The minimum atomic E-state index is 0.786. The lowest BCUT2D eigenvalue weighted by Crippen LogP contribution is -2.33. The first-order valence-electron chi connectivity index (χ1n) is 5.24. The normalized spacial score (nSPS) is 10.3. The van der Waals surface area contributed by atoms with Gasteiger partial charge in [-0.05, 0) is 11.6 Å². The summed E-state index contributed by atoms with van der Waals surface area (Å²) in [5.41, 5.74) is 7.58. The molecule has 0 spiro atoms. The van der Waals surface area contributed by atoms with Crippen LogP contribution in [0.15, 0.2) is 48.8 Å². The topological polar surface area (TPSA) is 29.9 Å². The van der Waals surface area contributed by atoms with E-state index in [0.29, 0.717) is 0 Å². The van der Waals surface area contributed by atoms with Gasteiger partial charge in [0.2, 0.25) is 0 Å². The summed E-state index contributed by atoms with van der Waals surface area (Å²) >= 11 is 6.09. The van der Waals surface area contributed by atoms with E-state index >= 15 is 0 Å². The number of nitrogens with zero attached hydrogens (tertiary/aromatic N) is 1. The molecule has 2 aromatic rings. The lowest BCUT2D eigenvalue weighted by molar-refractivity contribution is -0.696. The molecule has 2 N–H and O–H groups in total. The highest BCUT2D eigenvalue weighted by Crippen LogP contribution is 2.15.